The molecule has 0 saturated heterocycles. The molecule has 0 spiro atoms. The molecular formula is C17H29IN4. The van der Waals surface area contributed by atoms with Crippen molar-refractivity contribution in [2.75, 3.05) is 20.6 Å². The molecule has 0 bridgehead atoms. The van der Waals surface area contributed by atoms with Crippen LogP contribution in [0.25, 0.3) is 0 Å². The zero-order chi connectivity index (χ0) is 15.2. The smallest absolute Gasteiger partial charge is 0.191 e. The van der Waals surface area contributed by atoms with Crippen molar-refractivity contribution in [1.29, 1.82) is 0 Å². The van der Waals surface area contributed by atoms with Crippen molar-refractivity contribution < 1.29 is 0 Å². The van der Waals surface area contributed by atoms with E-state index in [0.717, 1.165) is 19.5 Å². The molecule has 0 radical (unpaired) electrons. The Morgan fingerprint density at radius 1 is 1.27 bits per heavy atom. The molecule has 0 aliphatic heterocycles. The van der Waals surface area contributed by atoms with Crippen LogP contribution >= 0.6 is 24.0 Å². The van der Waals surface area contributed by atoms with Gasteiger partial charge in [-0.25, -0.2) is 0 Å². The molecule has 0 heterocycles. The highest BCUT2D eigenvalue weighted by Gasteiger charge is 2.27. The Morgan fingerprint density at radius 3 is 2.50 bits per heavy atom. The maximum atomic E-state index is 6.01. The molecule has 1 aromatic carbocycles. The molecule has 1 saturated carbocycles. The summed E-state index contributed by atoms with van der Waals surface area (Å²) in [6, 6.07) is 11.7. The molecule has 5 heteroatoms. The van der Waals surface area contributed by atoms with E-state index in [0.29, 0.717) is 18.0 Å². The van der Waals surface area contributed by atoms with Crippen LogP contribution in [0.2, 0.25) is 0 Å². The van der Waals surface area contributed by atoms with Gasteiger partial charge in [-0.05, 0) is 38.8 Å². The van der Waals surface area contributed by atoms with Gasteiger partial charge in [-0.3, -0.25) is 9.89 Å². The summed E-state index contributed by atoms with van der Waals surface area (Å²) in [7, 11) is 4.21. The van der Waals surface area contributed by atoms with E-state index in [1.807, 2.05) is 7.05 Å². The Hall–Kier alpha value is -0.820. The van der Waals surface area contributed by atoms with Crippen LogP contribution in [-0.4, -0.2) is 48.5 Å². The number of halogens is 1. The third kappa shape index (κ3) is 6.12. The highest BCUT2D eigenvalue weighted by Crippen LogP contribution is 2.24. The van der Waals surface area contributed by atoms with Crippen molar-refractivity contribution in [2.24, 2.45) is 10.7 Å². The van der Waals surface area contributed by atoms with Gasteiger partial charge in [-0.15, -0.1) is 24.0 Å². The van der Waals surface area contributed by atoms with Crippen LogP contribution in [-0.2, 0) is 6.54 Å². The Balaban J connectivity index is 0.00000242. The van der Waals surface area contributed by atoms with Crippen LogP contribution in [0.1, 0.15) is 31.7 Å². The molecular weight excluding hydrogens is 387 g/mol. The largest absolute Gasteiger partial charge is 0.370 e. The fourth-order valence-corrected chi connectivity index (χ4v) is 2.37. The second kappa shape index (κ2) is 9.35. The average Bonchev–Trinajstić information content (AvgIpc) is 3.31. The molecule has 1 atom stereocenters. The fourth-order valence-electron chi connectivity index (χ4n) is 2.37. The van der Waals surface area contributed by atoms with Crippen LogP contribution in [0.15, 0.2) is 35.3 Å². The molecule has 1 unspecified atom stereocenters. The van der Waals surface area contributed by atoms with E-state index < -0.39 is 0 Å². The molecule has 2 rings (SSSR count). The predicted molar refractivity (Wildman–Crippen MR) is 105 cm³/mol. The minimum atomic E-state index is 0. The molecule has 1 fully saturated rings. The van der Waals surface area contributed by atoms with E-state index in [-0.39, 0.29) is 24.0 Å². The van der Waals surface area contributed by atoms with Crippen molar-refractivity contribution in [3.63, 3.8) is 0 Å². The van der Waals surface area contributed by atoms with Crippen LogP contribution < -0.4 is 5.73 Å². The van der Waals surface area contributed by atoms with Crippen molar-refractivity contribution in [2.45, 2.75) is 44.8 Å². The van der Waals surface area contributed by atoms with E-state index in [1.54, 1.807) is 0 Å². The predicted octanol–water partition coefficient (Wildman–Crippen LogP) is 2.92. The number of guanidine groups is 1. The topological polar surface area (TPSA) is 44.9 Å². The average molecular weight is 416 g/mol. The number of rotatable bonds is 7. The first kappa shape index (κ1) is 19.2. The summed E-state index contributed by atoms with van der Waals surface area (Å²) in [5.74, 6) is 0.690. The zero-order valence-corrected chi connectivity index (χ0v) is 16.2. The molecule has 22 heavy (non-hydrogen) atoms. The van der Waals surface area contributed by atoms with E-state index in [2.05, 4.69) is 59.1 Å². The summed E-state index contributed by atoms with van der Waals surface area (Å²) in [5, 5.41) is 0. The Kier molecular flexibility index (Phi) is 8.17. The van der Waals surface area contributed by atoms with Gasteiger partial charge >= 0.3 is 0 Å². The van der Waals surface area contributed by atoms with Crippen LogP contribution in [0.3, 0.4) is 0 Å². The first-order valence-electron chi connectivity index (χ1n) is 7.85. The lowest BCUT2D eigenvalue weighted by molar-refractivity contribution is 0.240. The van der Waals surface area contributed by atoms with Crippen LogP contribution in [0, 0.1) is 0 Å². The molecule has 0 aromatic heterocycles. The molecule has 124 valence electrons. The van der Waals surface area contributed by atoms with Crippen molar-refractivity contribution >= 4 is 29.9 Å². The monoisotopic (exact) mass is 416 g/mol. The number of hydrogen-bond acceptors (Lipinski definition) is 2. The number of aliphatic imine (C=N–C) groups is 1. The quantitative estimate of drug-likeness (QED) is 0.423. The summed E-state index contributed by atoms with van der Waals surface area (Å²) < 4.78 is 0. The van der Waals surface area contributed by atoms with Gasteiger partial charge in [0, 0.05) is 32.2 Å². The molecule has 1 aliphatic carbocycles. The lowest BCUT2D eigenvalue weighted by atomic mass is 10.1. The summed E-state index contributed by atoms with van der Waals surface area (Å²) in [5.41, 5.74) is 7.36. The summed E-state index contributed by atoms with van der Waals surface area (Å²) in [6.45, 7) is 4.02. The summed E-state index contributed by atoms with van der Waals surface area (Å²) in [4.78, 5) is 8.98. The lowest BCUT2D eigenvalue weighted by Crippen LogP contribution is -2.36. The highest BCUT2D eigenvalue weighted by atomic mass is 127. The van der Waals surface area contributed by atoms with E-state index >= 15 is 0 Å². The molecule has 1 aromatic rings. The van der Waals surface area contributed by atoms with E-state index in [4.69, 9.17) is 5.73 Å². The second-order valence-corrected chi connectivity index (χ2v) is 6.12. The van der Waals surface area contributed by atoms with Gasteiger partial charge in [-0.1, -0.05) is 30.3 Å². The SMILES string of the molecule is CC(CCN=C(N)N(C)C1CC1)N(C)Cc1ccccc1.I. The van der Waals surface area contributed by atoms with Gasteiger partial charge in [0.1, 0.15) is 0 Å². The first-order chi connectivity index (χ1) is 10.1. The number of nitrogens with zero attached hydrogens (tertiary/aromatic N) is 3. The Morgan fingerprint density at radius 2 is 1.91 bits per heavy atom. The zero-order valence-electron chi connectivity index (χ0n) is 13.9. The number of nitrogens with two attached hydrogens (primary N) is 1. The fraction of sp³-hybridized carbons (Fsp3) is 0.588. The summed E-state index contributed by atoms with van der Waals surface area (Å²) >= 11 is 0. The Labute approximate surface area is 151 Å². The van der Waals surface area contributed by atoms with Crippen LogP contribution in [0.4, 0.5) is 0 Å². The first-order valence-corrected chi connectivity index (χ1v) is 7.85. The molecule has 2 N–H and O–H groups in total. The van der Waals surface area contributed by atoms with Crippen molar-refractivity contribution in [3.05, 3.63) is 35.9 Å². The normalized spacial score (nSPS) is 16.3. The molecule has 1 aliphatic rings. The van der Waals surface area contributed by atoms with Gasteiger partial charge in [0.2, 0.25) is 0 Å². The third-order valence-corrected chi connectivity index (χ3v) is 4.30. The van der Waals surface area contributed by atoms with Gasteiger partial charge in [0.05, 0.1) is 0 Å². The minimum Gasteiger partial charge on any atom is -0.370 e. The Bertz CT molecular complexity index is 459. The van der Waals surface area contributed by atoms with Gasteiger partial charge < -0.3 is 10.6 Å². The lowest BCUT2D eigenvalue weighted by Gasteiger charge is -2.24. The van der Waals surface area contributed by atoms with Crippen molar-refractivity contribution in [1.82, 2.24) is 9.80 Å². The highest BCUT2D eigenvalue weighted by molar-refractivity contribution is 14.0. The van der Waals surface area contributed by atoms with Gasteiger partial charge in [-0.2, -0.15) is 0 Å². The molecule has 4 nitrogen and oxygen atoms in total. The second-order valence-electron chi connectivity index (χ2n) is 6.12. The van der Waals surface area contributed by atoms with E-state index in [9.17, 15) is 0 Å². The van der Waals surface area contributed by atoms with Gasteiger partial charge in [0.25, 0.3) is 0 Å². The van der Waals surface area contributed by atoms with E-state index in [1.165, 1.54) is 18.4 Å². The standard InChI is InChI=1S/C17H28N4.HI/c1-14(20(2)13-15-7-5-4-6-8-15)11-12-19-17(18)21(3)16-9-10-16;/h4-8,14,16H,9-13H2,1-3H3,(H2,18,19);1H. The van der Waals surface area contributed by atoms with Crippen molar-refractivity contribution in [3.8, 4) is 0 Å². The third-order valence-electron chi connectivity index (χ3n) is 4.30. The molecule has 0 amide bonds. The minimum absolute atomic E-state index is 0. The number of hydrogen-bond donors (Lipinski definition) is 1. The van der Waals surface area contributed by atoms with Crippen LogP contribution in [0.5, 0.6) is 0 Å². The maximum absolute atomic E-state index is 6.01. The maximum Gasteiger partial charge on any atom is 0.191 e. The van der Waals surface area contributed by atoms with Gasteiger partial charge in [0.15, 0.2) is 5.96 Å². The summed E-state index contributed by atoms with van der Waals surface area (Å²) in [6.07, 6.45) is 3.54. The number of benzene rings is 1.